The SMILES string of the molecule is CCOC(=O)C(CC)(CN)C(C)(CC)O[Si]. The van der Waals surface area contributed by atoms with Gasteiger partial charge in [-0.2, -0.15) is 0 Å². The van der Waals surface area contributed by atoms with Crippen LogP contribution in [-0.4, -0.2) is 35.2 Å². The molecule has 2 atom stereocenters. The molecule has 93 valence electrons. The maximum atomic E-state index is 12.1. The molecule has 2 N–H and O–H groups in total. The smallest absolute Gasteiger partial charge is 0.316 e. The number of hydrogen-bond donors (Lipinski definition) is 1. The normalized spacial score (nSPS) is 18.6. The van der Waals surface area contributed by atoms with Crippen molar-refractivity contribution >= 4 is 16.5 Å². The van der Waals surface area contributed by atoms with Crippen LogP contribution in [0.15, 0.2) is 0 Å². The van der Waals surface area contributed by atoms with Crippen molar-refractivity contribution in [3.05, 3.63) is 0 Å². The van der Waals surface area contributed by atoms with Crippen LogP contribution in [0.5, 0.6) is 0 Å². The number of carbonyl (C=O) groups excluding carboxylic acids is 1. The van der Waals surface area contributed by atoms with E-state index >= 15 is 0 Å². The Morgan fingerprint density at radius 2 is 1.88 bits per heavy atom. The molecule has 3 radical (unpaired) electrons. The van der Waals surface area contributed by atoms with Crippen molar-refractivity contribution in [1.29, 1.82) is 0 Å². The first kappa shape index (κ1) is 15.6. The molecule has 0 fully saturated rings. The van der Waals surface area contributed by atoms with Crippen molar-refractivity contribution in [2.75, 3.05) is 13.2 Å². The summed E-state index contributed by atoms with van der Waals surface area (Å²) in [7, 11) is 3.06. The molecule has 4 nitrogen and oxygen atoms in total. The third-order valence-electron chi connectivity index (χ3n) is 3.53. The predicted molar refractivity (Wildman–Crippen MR) is 63.9 cm³/mol. The minimum absolute atomic E-state index is 0.206. The van der Waals surface area contributed by atoms with Gasteiger partial charge in [0.2, 0.25) is 10.5 Å². The van der Waals surface area contributed by atoms with E-state index in [0.29, 0.717) is 19.4 Å². The van der Waals surface area contributed by atoms with Gasteiger partial charge in [0.05, 0.1) is 12.2 Å². The monoisotopic (exact) mass is 244 g/mol. The molecule has 0 aromatic rings. The highest BCUT2D eigenvalue weighted by molar-refractivity contribution is 5.98. The molecule has 0 aliphatic heterocycles. The second kappa shape index (κ2) is 6.37. The minimum Gasteiger partial charge on any atom is -0.465 e. The lowest BCUT2D eigenvalue weighted by molar-refractivity contribution is -0.170. The number of rotatable bonds is 7. The second-order valence-electron chi connectivity index (χ2n) is 4.05. The van der Waals surface area contributed by atoms with Gasteiger partial charge in [0.1, 0.15) is 5.41 Å². The Labute approximate surface area is 101 Å². The van der Waals surface area contributed by atoms with Crippen molar-refractivity contribution in [2.45, 2.75) is 46.1 Å². The van der Waals surface area contributed by atoms with Gasteiger partial charge in [0, 0.05) is 6.54 Å². The molecule has 0 bridgehead atoms. The molecule has 0 heterocycles. The molecule has 0 aliphatic rings. The van der Waals surface area contributed by atoms with Crippen LogP contribution in [0.3, 0.4) is 0 Å². The minimum atomic E-state index is -0.806. The first-order valence-corrected chi connectivity index (χ1v) is 6.10. The summed E-state index contributed by atoms with van der Waals surface area (Å²) in [4.78, 5) is 12.1. The zero-order chi connectivity index (χ0) is 12.8. The summed E-state index contributed by atoms with van der Waals surface area (Å²) in [5, 5.41) is 0. The standard InChI is InChI=1S/C11H22NO3Si/c1-5-10(4,15-16)11(6-2,8-12)9(13)14-7-3/h5-8,12H2,1-4H3. The van der Waals surface area contributed by atoms with Crippen LogP contribution in [0.2, 0.25) is 0 Å². The molecule has 0 aromatic carbocycles. The molecule has 0 saturated carbocycles. The summed E-state index contributed by atoms with van der Waals surface area (Å²) in [5.74, 6) is -0.289. The number of hydrogen-bond acceptors (Lipinski definition) is 4. The van der Waals surface area contributed by atoms with Crippen LogP contribution in [0.25, 0.3) is 0 Å². The summed E-state index contributed by atoms with van der Waals surface area (Å²) in [6, 6.07) is 0. The van der Waals surface area contributed by atoms with Crippen LogP contribution in [0.1, 0.15) is 40.5 Å². The fourth-order valence-electron chi connectivity index (χ4n) is 1.96. The Balaban J connectivity index is 5.30. The van der Waals surface area contributed by atoms with Gasteiger partial charge < -0.3 is 14.9 Å². The van der Waals surface area contributed by atoms with Gasteiger partial charge in [-0.15, -0.1) is 0 Å². The highest BCUT2D eigenvalue weighted by atomic mass is 28.2. The van der Waals surface area contributed by atoms with E-state index in [1.807, 2.05) is 20.8 Å². The summed E-state index contributed by atoms with van der Waals surface area (Å²) < 4.78 is 10.4. The topological polar surface area (TPSA) is 61.5 Å². The van der Waals surface area contributed by atoms with E-state index in [-0.39, 0.29) is 12.5 Å². The van der Waals surface area contributed by atoms with Crippen molar-refractivity contribution in [3.63, 3.8) is 0 Å². The lowest BCUT2D eigenvalue weighted by Crippen LogP contribution is -2.57. The van der Waals surface area contributed by atoms with Crippen molar-refractivity contribution < 1.29 is 14.0 Å². The Bertz CT molecular complexity index is 225. The van der Waals surface area contributed by atoms with Crippen LogP contribution >= 0.6 is 0 Å². The fourth-order valence-corrected chi connectivity index (χ4v) is 2.29. The summed E-state index contributed by atoms with van der Waals surface area (Å²) >= 11 is 0. The lowest BCUT2D eigenvalue weighted by Gasteiger charge is -2.44. The molecule has 5 heteroatoms. The van der Waals surface area contributed by atoms with Crippen molar-refractivity contribution in [1.82, 2.24) is 0 Å². The number of ether oxygens (including phenoxy) is 1. The predicted octanol–water partition coefficient (Wildman–Crippen LogP) is 1.17. The van der Waals surface area contributed by atoms with Crippen LogP contribution in [0, 0.1) is 5.41 Å². The third kappa shape index (κ3) is 2.47. The van der Waals surface area contributed by atoms with E-state index in [1.54, 1.807) is 6.92 Å². The molecule has 0 spiro atoms. The summed E-state index contributed by atoms with van der Waals surface area (Å²) in [5.41, 5.74) is 4.31. The molecule has 0 saturated heterocycles. The van der Waals surface area contributed by atoms with Crippen LogP contribution < -0.4 is 5.73 Å². The van der Waals surface area contributed by atoms with E-state index in [4.69, 9.17) is 14.9 Å². The Morgan fingerprint density at radius 1 is 1.31 bits per heavy atom. The largest absolute Gasteiger partial charge is 0.465 e. The number of esters is 1. The quantitative estimate of drug-likeness (QED) is 0.539. The van der Waals surface area contributed by atoms with Gasteiger partial charge in [0.25, 0.3) is 0 Å². The first-order valence-electron chi connectivity index (χ1n) is 5.70. The number of nitrogens with two attached hydrogens (primary N) is 1. The fraction of sp³-hybridized carbons (Fsp3) is 0.909. The van der Waals surface area contributed by atoms with Crippen molar-refractivity contribution in [3.8, 4) is 0 Å². The zero-order valence-corrected chi connectivity index (χ0v) is 11.6. The maximum Gasteiger partial charge on any atom is 0.316 e. The van der Waals surface area contributed by atoms with E-state index in [2.05, 4.69) is 10.5 Å². The molecule has 0 amide bonds. The lowest BCUT2D eigenvalue weighted by atomic mass is 9.69. The van der Waals surface area contributed by atoms with Gasteiger partial charge in [0.15, 0.2) is 0 Å². The summed E-state index contributed by atoms with van der Waals surface area (Å²) in [6.07, 6.45) is 1.25. The highest BCUT2D eigenvalue weighted by Gasteiger charge is 2.52. The molecule has 0 rings (SSSR count). The molecule has 16 heavy (non-hydrogen) atoms. The second-order valence-corrected chi connectivity index (χ2v) is 4.25. The number of carbonyl (C=O) groups is 1. The molecular formula is C11H22NO3Si. The molecule has 0 aliphatic carbocycles. The summed E-state index contributed by atoms with van der Waals surface area (Å²) in [6.45, 7) is 8.08. The van der Waals surface area contributed by atoms with E-state index in [9.17, 15) is 4.79 Å². The maximum absolute atomic E-state index is 12.1. The highest BCUT2D eigenvalue weighted by Crippen LogP contribution is 2.40. The Morgan fingerprint density at radius 3 is 2.12 bits per heavy atom. The van der Waals surface area contributed by atoms with Crippen molar-refractivity contribution in [2.24, 2.45) is 11.1 Å². The van der Waals surface area contributed by atoms with Gasteiger partial charge >= 0.3 is 5.97 Å². The Hall–Kier alpha value is -0.393. The average Bonchev–Trinajstić information content (AvgIpc) is 2.31. The van der Waals surface area contributed by atoms with E-state index in [0.717, 1.165) is 0 Å². The van der Waals surface area contributed by atoms with Gasteiger partial charge in [-0.05, 0) is 26.7 Å². The molecular weight excluding hydrogens is 222 g/mol. The van der Waals surface area contributed by atoms with Crippen LogP contribution in [-0.2, 0) is 14.0 Å². The third-order valence-corrected chi connectivity index (χ3v) is 3.98. The van der Waals surface area contributed by atoms with Crippen LogP contribution in [0.4, 0.5) is 0 Å². The van der Waals surface area contributed by atoms with Gasteiger partial charge in [-0.1, -0.05) is 13.8 Å². The van der Waals surface area contributed by atoms with Gasteiger partial charge in [-0.3, -0.25) is 4.79 Å². The Kier molecular flexibility index (Phi) is 6.21. The first-order chi connectivity index (χ1) is 7.47. The zero-order valence-electron chi connectivity index (χ0n) is 10.6. The average molecular weight is 244 g/mol. The van der Waals surface area contributed by atoms with E-state index < -0.39 is 11.0 Å². The van der Waals surface area contributed by atoms with E-state index in [1.165, 1.54) is 0 Å². The van der Waals surface area contributed by atoms with Gasteiger partial charge in [-0.25, -0.2) is 0 Å². The molecule has 2 unspecified atom stereocenters. The molecule has 0 aromatic heterocycles.